The monoisotopic (exact) mass is 258 g/mol. The number of anilines is 1. The molecule has 4 heteroatoms. The van der Waals surface area contributed by atoms with Gasteiger partial charge in [0.2, 0.25) is 0 Å². The molecule has 0 fully saturated rings. The van der Waals surface area contributed by atoms with Crippen LogP contribution in [0.4, 0.5) is 10.1 Å². The highest BCUT2D eigenvalue weighted by atomic mass is 32.1. The molecule has 0 aliphatic rings. The number of hydrogen-bond acceptors (Lipinski definition) is 3. The Labute approximate surface area is 108 Å². The number of nitrogen functional groups attached to an aromatic ring is 1. The van der Waals surface area contributed by atoms with E-state index in [1.54, 1.807) is 12.1 Å². The van der Waals surface area contributed by atoms with Crippen molar-refractivity contribution in [2.45, 2.75) is 6.92 Å². The Morgan fingerprint density at radius 2 is 2.06 bits per heavy atom. The Balaban J connectivity index is 2.23. The minimum atomic E-state index is -0.327. The third-order valence-corrected chi connectivity index (χ3v) is 3.90. The molecule has 2 N–H and O–H groups in total. The third kappa shape index (κ3) is 1.75. The van der Waals surface area contributed by atoms with Crippen LogP contribution >= 0.6 is 11.3 Å². The lowest BCUT2D eigenvalue weighted by Gasteiger charge is -1.99. The van der Waals surface area contributed by atoms with Gasteiger partial charge in [-0.3, -0.25) is 0 Å². The predicted octanol–water partition coefficient (Wildman–Crippen LogP) is 3.99. The highest BCUT2D eigenvalue weighted by Crippen LogP contribution is 2.33. The molecule has 3 rings (SSSR count). The SMILES string of the molecule is Cc1cccc2sc(-c3ccc(N)cc3F)nc12. The van der Waals surface area contributed by atoms with Gasteiger partial charge in [0, 0.05) is 11.3 Å². The number of aromatic nitrogens is 1. The Morgan fingerprint density at radius 1 is 1.22 bits per heavy atom. The van der Waals surface area contributed by atoms with Crippen LogP contribution in [0.25, 0.3) is 20.8 Å². The molecule has 0 bridgehead atoms. The zero-order valence-electron chi connectivity index (χ0n) is 9.77. The van der Waals surface area contributed by atoms with Crippen LogP contribution in [0.15, 0.2) is 36.4 Å². The molecule has 1 aromatic heterocycles. The first kappa shape index (κ1) is 11.2. The van der Waals surface area contributed by atoms with Gasteiger partial charge in [-0.2, -0.15) is 0 Å². The normalized spacial score (nSPS) is 11.0. The van der Waals surface area contributed by atoms with Gasteiger partial charge in [0.25, 0.3) is 0 Å². The van der Waals surface area contributed by atoms with Crippen LogP contribution in [-0.2, 0) is 0 Å². The molecule has 2 aromatic carbocycles. The van der Waals surface area contributed by atoms with Gasteiger partial charge < -0.3 is 5.73 Å². The number of rotatable bonds is 1. The first-order chi connectivity index (χ1) is 8.65. The molecule has 0 unspecified atom stereocenters. The first-order valence-corrected chi connectivity index (χ1v) is 6.38. The van der Waals surface area contributed by atoms with Crippen LogP contribution < -0.4 is 5.73 Å². The van der Waals surface area contributed by atoms with Crippen molar-refractivity contribution in [1.29, 1.82) is 0 Å². The van der Waals surface area contributed by atoms with Gasteiger partial charge in [-0.05, 0) is 36.8 Å². The van der Waals surface area contributed by atoms with Gasteiger partial charge in [0.05, 0.1) is 10.2 Å². The Morgan fingerprint density at radius 3 is 2.78 bits per heavy atom. The minimum Gasteiger partial charge on any atom is -0.399 e. The Hall–Kier alpha value is -1.94. The van der Waals surface area contributed by atoms with Gasteiger partial charge in [-0.1, -0.05) is 12.1 Å². The summed E-state index contributed by atoms with van der Waals surface area (Å²) < 4.78 is 14.9. The van der Waals surface area contributed by atoms with E-state index in [-0.39, 0.29) is 5.82 Å². The molecule has 0 saturated heterocycles. The average Bonchev–Trinajstić information content (AvgIpc) is 2.74. The van der Waals surface area contributed by atoms with E-state index >= 15 is 0 Å². The lowest BCUT2D eigenvalue weighted by molar-refractivity contribution is 0.632. The maximum atomic E-state index is 13.9. The van der Waals surface area contributed by atoms with Crippen molar-refractivity contribution in [3.8, 4) is 10.6 Å². The number of para-hydroxylation sites is 1. The molecule has 1 heterocycles. The molecule has 0 aliphatic heterocycles. The first-order valence-electron chi connectivity index (χ1n) is 5.57. The molecule has 0 saturated carbocycles. The van der Waals surface area contributed by atoms with E-state index in [1.807, 2.05) is 25.1 Å². The van der Waals surface area contributed by atoms with Crippen LogP contribution in [0, 0.1) is 12.7 Å². The number of fused-ring (bicyclic) bond motifs is 1. The fraction of sp³-hybridized carbons (Fsp3) is 0.0714. The molecule has 18 heavy (non-hydrogen) atoms. The summed E-state index contributed by atoms with van der Waals surface area (Å²) in [4.78, 5) is 4.51. The zero-order valence-corrected chi connectivity index (χ0v) is 10.6. The third-order valence-electron chi connectivity index (χ3n) is 2.84. The van der Waals surface area contributed by atoms with Crippen molar-refractivity contribution < 1.29 is 4.39 Å². The highest BCUT2D eigenvalue weighted by Gasteiger charge is 2.11. The predicted molar refractivity (Wildman–Crippen MR) is 74.2 cm³/mol. The largest absolute Gasteiger partial charge is 0.399 e. The Bertz CT molecular complexity index is 734. The van der Waals surface area contributed by atoms with Crippen LogP contribution in [0.2, 0.25) is 0 Å². The van der Waals surface area contributed by atoms with Gasteiger partial charge >= 0.3 is 0 Å². The van der Waals surface area contributed by atoms with Crippen molar-refractivity contribution in [3.05, 3.63) is 47.8 Å². The van der Waals surface area contributed by atoms with Crippen LogP contribution in [0.3, 0.4) is 0 Å². The average molecular weight is 258 g/mol. The molecular weight excluding hydrogens is 247 g/mol. The number of nitrogens with zero attached hydrogens (tertiary/aromatic N) is 1. The molecular formula is C14H11FN2S. The lowest BCUT2D eigenvalue weighted by Crippen LogP contribution is -1.88. The summed E-state index contributed by atoms with van der Waals surface area (Å²) in [6, 6.07) is 10.7. The second kappa shape index (κ2) is 4.07. The summed E-state index contributed by atoms with van der Waals surface area (Å²) in [6.45, 7) is 2.01. The smallest absolute Gasteiger partial charge is 0.135 e. The van der Waals surface area contributed by atoms with Crippen molar-refractivity contribution in [3.63, 3.8) is 0 Å². The summed E-state index contributed by atoms with van der Waals surface area (Å²) in [5, 5.41) is 0.691. The van der Waals surface area contributed by atoms with Gasteiger partial charge in [-0.25, -0.2) is 9.37 Å². The quantitative estimate of drug-likeness (QED) is 0.670. The molecule has 0 aliphatic carbocycles. The molecule has 0 amide bonds. The molecule has 90 valence electrons. The molecule has 0 atom stereocenters. The maximum Gasteiger partial charge on any atom is 0.135 e. The van der Waals surface area contributed by atoms with Crippen molar-refractivity contribution in [1.82, 2.24) is 4.98 Å². The van der Waals surface area contributed by atoms with Crippen LogP contribution in [0.1, 0.15) is 5.56 Å². The standard InChI is InChI=1S/C14H11FN2S/c1-8-3-2-4-12-13(8)17-14(18-12)10-6-5-9(16)7-11(10)15/h2-7H,16H2,1H3. The zero-order chi connectivity index (χ0) is 12.7. The van der Waals surface area contributed by atoms with E-state index in [9.17, 15) is 4.39 Å². The summed E-state index contributed by atoms with van der Waals surface area (Å²) in [5.74, 6) is -0.327. The summed E-state index contributed by atoms with van der Waals surface area (Å²) in [7, 11) is 0. The lowest BCUT2D eigenvalue weighted by atomic mass is 10.2. The fourth-order valence-electron chi connectivity index (χ4n) is 1.91. The van der Waals surface area contributed by atoms with E-state index in [2.05, 4.69) is 4.98 Å². The Kier molecular flexibility index (Phi) is 2.52. The fourth-order valence-corrected chi connectivity index (χ4v) is 2.98. The molecule has 0 spiro atoms. The summed E-state index contributed by atoms with van der Waals surface area (Å²) in [6.07, 6.45) is 0. The number of halogens is 1. The van der Waals surface area contributed by atoms with E-state index in [0.717, 1.165) is 15.8 Å². The second-order valence-electron chi connectivity index (χ2n) is 4.18. The van der Waals surface area contributed by atoms with Gasteiger partial charge in [-0.15, -0.1) is 11.3 Å². The number of hydrogen-bond donors (Lipinski definition) is 1. The molecule has 3 aromatic rings. The van der Waals surface area contributed by atoms with Crippen LogP contribution in [-0.4, -0.2) is 4.98 Å². The minimum absolute atomic E-state index is 0.327. The van der Waals surface area contributed by atoms with E-state index < -0.39 is 0 Å². The molecule has 2 nitrogen and oxygen atoms in total. The summed E-state index contributed by atoms with van der Waals surface area (Å²) >= 11 is 1.49. The summed E-state index contributed by atoms with van der Waals surface area (Å²) in [5.41, 5.74) is 8.52. The molecule has 0 radical (unpaired) electrons. The van der Waals surface area contributed by atoms with Crippen molar-refractivity contribution in [2.75, 3.05) is 5.73 Å². The van der Waals surface area contributed by atoms with Crippen LogP contribution in [0.5, 0.6) is 0 Å². The van der Waals surface area contributed by atoms with Crippen molar-refractivity contribution in [2.24, 2.45) is 0 Å². The van der Waals surface area contributed by atoms with Gasteiger partial charge in [0.15, 0.2) is 0 Å². The van der Waals surface area contributed by atoms with E-state index in [4.69, 9.17) is 5.73 Å². The van der Waals surface area contributed by atoms with Gasteiger partial charge in [0.1, 0.15) is 10.8 Å². The highest BCUT2D eigenvalue weighted by molar-refractivity contribution is 7.21. The maximum absolute atomic E-state index is 13.9. The second-order valence-corrected chi connectivity index (χ2v) is 5.21. The number of aryl methyl sites for hydroxylation is 1. The number of thiazole rings is 1. The number of nitrogens with two attached hydrogens (primary N) is 1. The topological polar surface area (TPSA) is 38.9 Å². The van der Waals surface area contributed by atoms with Crippen molar-refractivity contribution >= 4 is 27.2 Å². The van der Waals surface area contributed by atoms with E-state index in [1.165, 1.54) is 17.4 Å². The van der Waals surface area contributed by atoms with E-state index in [0.29, 0.717) is 16.3 Å². The number of benzene rings is 2.